The topological polar surface area (TPSA) is 111 Å². The van der Waals surface area contributed by atoms with Crippen molar-refractivity contribution >= 4 is 29.3 Å². The summed E-state index contributed by atoms with van der Waals surface area (Å²) in [6, 6.07) is 19.0. The average molecular weight is 482 g/mol. The van der Waals surface area contributed by atoms with Crippen molar-refractivity contribution in [2.24, 2.45) is 4.99 Å². The minimum atomic E-state index is -1.26. The highest BCUT2D eigenvalue weighted by Crippen LogP contribution is 2.24. The van der Waals surface area contributed by atoms with Crippen LogP contribution in [0.25, 0.3) is 0 Å². The largest absolute Gasteiger partial charge is 0.439 e. The molecule has 0 spiro atoms. The van der Waals surface area contributed by atoms with Gasteiger partial charge in [-0.15, -0.1) is 0 Å². The summed E-state index contributed by atoms with van der Waals surface area (Å²) in [5.74, 6) is 1.26. The third-order valence-corrected chi connectivity index (χ3v) is 5.32. The zero-order valence-corrected chi connectivity index (χ0v) is 19.0. The third-order valence-electron chi connectivity index (χ3n) is 5.06. The first-order chi connectivity index (χ1) is 16.5. The number of ether oxygens (including phenoxy) is 1. The number of amides is 2. The summed E-state index contributed by atoms with van der Waals surface area (Å²) in [6.07, 6.45) is 0.719. The summed E-state index contributed by atoms with van der Waals surface area (Å²) in [5.41, 5.74) is 1.43. The number of hydrogen-bond acceptors (Lipinski definition) is 6. The first-order valence-corrected chi connectivity index (χ1v) is 11.1. The fourth-order valence-electron chi connectivity index (χ4n) is 3.35. The lowest BCUT2D eigenvalue weighted by Gasteiger charge is -2.42. The van der Waals surface area contributed by atoms with Gasteiger partial charge in [-0.2, -0.15) is 0 Å². The maximum atomic E-state index is 12.6. The second-order valence-electron chi connectivity index (χ2n) is 7.50. The van der Waals surface area contributed by atoms with Crippen molar-refractivity contribution in [3.05, 3.63) is 83.5 Å². The highest BCUT2D eigenvalue weighted by atomic mass is 35.5. The van der Waals surface area contributed by atoms with Crippen LogP contribution in [0.5, 0.6) is 11.6 Å². The van der Waals surface area contributed by atoms with E-state index in [1.54, 1.807) is 59.6 Å². The van der Waals surface area contributed by atoms with E-state index in [1.165, 1.54) is 4.90 Å². The van der Waals surface area contributed by atoms with Gasteiger partial charge in [0.05, 0.1) is 12.2 Å². The molecule has 0 aliphatic carbocycles. The molecule has 0 radical (unpaired) electrons. The molecule has 176 valence electrons. The Morgan fingerprint density at radius 3 is 2.50 bits per heavy atom. The summed E-state index contributed by atoms with van der Waals surface area (Å²) in [4.78, 5) is 24.1. The van der Waals surface area contributed by atoms with Crippen LogP contribution in [0.4, 0.5) is 10.5 Å². The van der Waals surface area contributed by atoms with Crippen LogP contribution >= 0.6 is 11.6 Å². The maximum Gasteiger partial charge on any atom is 0.327 e. The number of carbonyl (C=O) groups excluding carboxylic acids is 1. The van der Waals surface area contributed by atoms with Crippen molar-refractivity contribution < 1.29 is 19.7 Å². The van der Waals surface area contributed by atoms with E-state index in [0.717, 1.165) is 5.56 Å². The normalized spacial score (nSPS) is 17.1. The Bertz CT molecular complexity index is 1130. The van der Waals surface area contributed by atoms with E-state index < -0.39 is 12.4 Å². The minimum Gasteiger partial charge on any atom is -0.439 e. The lowest BCUT2D eigenvalue weighted by atomic mass is 10.2. The minimum absolute atomic E-state index is 0.0957. The van der Waals surface area contributed by atoms with E-state index in [4.69, 9.17) is 21.4 Å². The number of hydrogen-bond donors (Lipinski definition) is 3. The maximum absolute atomic E-state index is 12.6. The summed E-state index contributed by atoms with van der Waals surface area (Å²) in [6.45, 7) is 0.364. The van der Waals surface area contributed by atoms with Gasteiger partial charge in [0.25, 0.3) is 0 Å². The molecule has 10 heteroatoms. The number of rotatable bonds is 8. The molecule has 9 nitrogen and oxygen atoms in total. The van der Waals surface area contributed by atoms with Crippen LogP contribution in [-0.4, -0.2) is 56.5 Å². The SMILES string of the molecule is O=C1NC(=Nc2ccc(Oc3ccccn3)cc2)N(Cc2ccc(Cl)cc2)C(O)N1CCCO. The molecule has 1 saturated heterocycles. The molecule has 1 aliphatic heterocycles. The zero-order valence-electron chi connectivity index (χ0n) is 18.2. The van der Waals surface area contributed by atoms with Crippen LogP contribution in [0, 0.1) is 0 Å². The Morgan fingerprint density at radius 1 is 1.06 bits per heavy atom. The first kappa shape index (κ1) is 23.5. The fourth-order valence-corrected chi connectivity index (χ4v) is 3.48. The molecule has 2 aromatic carbocycles. The lowest BCUT2D eigenvalue weighted by molar-refractivity contribution is -0.0704. The van der Waals surface area contributed by atoms with E-state index in [0.29, 0.717) is 28.8 Å². The van der Waals surface area contributed by atoms with Crippen LogP contribution in [0.15, 0.2) is 77.9 Å². The second kappa shape index (κ2) is 11.0. The van der Waals surface area contributed by atoms with E-state index >= 15 is 0 Å². The smallest absolute Gasteiger partial charge is 0.327 e. The number of urea groups is 1. The molecule has 4 rings (SSSR count). The number of halogens is 1. The summed E-state index contributed by atoms with van der Waals surface area (Å²) < 4.78 is 5.70. The van der Waals surface area contributed by atoms with Crippen LogP contribution in [0.1, 0.15) is 12.0 Å². The summed E-state index contributed by atoms with van der Waals surface area (Å²) in [5, 5.41) is 23.5. The quantitative estimate of drug-likeness (QED) is 0.452. The molecule has 0 saturated carbocycles. The van der Waals surface area contributed by atoms with E-state index in [2.05, 4.69) is 15.3 Å². The highest BCUT2D eigenvalue weighted by molar-refractivity contribution is 6.30. The number of pyridine rings is 1. The number of carbonyl (C=O) groups is 1. The van der Waals surface area contributed by atoms with Gasteiger partial charge in [0.2, 0.25) is 18.2 Å². The zero-order chi connectivity index (χ0) is 23.9. The molecular formula is C24H24ClN5O4. The Labute approximate surface area is 201 Å². The van der Waals surface area contributed by atoms with E-state index in [1.807, 2.05) is 18.2 Å². The molecule has 34 heavy (non-hydrogen) atoms. The molecule has 1 unspecified atom stereocenters. The number of aromatic nitrogens is 1. The highest BCUT2D eigenvalue weighted by Gasteiger charge is 2.36. The third kappa shape index (κ3) is 5.82. The van der Waals surface area contributed by atoms with Crippen molar-refractivity contribution in [3.8, 4) is 11.6 Å². The number of nitrogens with one attached hydrogen (secondary N) is 1. The standard InChI is InChI=1S/C24H24ClN5O4/c25-18-7-5-17(6-8-18)16-30-22(28-23(32)29(24(30)33)14-3-15-31)27-19-9-11-20(12-10-19)34-21-4-1-2-13-26-21/h1-2,4-13,24,31,33H,3,14-16H2,(H,27,28,32). The van der Waals surface area contributed by atoms with Crippen molar-refractivity contribution in [1.82, 2.24) is 20.1 Å². The Kier molecular flexibility index (Phi) is 7.58. The molecule has 1 fully saturated rings. The monoisotopic (exact) mass is 481 g/mol. The number of aliphatic imine (C=N–C) groups is 1. The van der Waals surface area contributed by atoms with Gasteiger partial charge < -0.3 is 14.9 Å². The predicted octanol–water partition coefficient (Wildman–Crippen LogP) is 3.70. The van der Waals surface area contributed by atoms with Crippen LogP contribution in [0.3, 0.4) is 0 Å². The Morgan fingerprint density at radius 2 is 1.82 bits per heavy atom. The van der Waals surface area contributed by atoms with Gasteiger partial charge in [-0.25, -0.2) is 14.8 Å². The van der Waals surface area contributed by atoms with Crippen molar-refractivity contribution in [1.29, 1.82) is 0 Å². The summed E-state index contributed by atoms with van der Waals surface area (Å²) >= 11 is 5.99. The van der Waals surface area contributed by atoms with Crippen molar-refractivity contribution in [2.45, 2.75) is 19.3 Å². The Hall–Kier alpha value is -3.66. The number of nitrogens with zero attached hydrogens (tertiary/aromatic N) is 4. The van der Waals surface area contributed by atoms with E-state index in [-0.39, 0.29) is 25.7 Å². The van der Waals surface area contributed by atoms with Gasteiger partial charge in [-0.3, -0.25) is 15.1 Å². The molecule has 3 N–H and O–H groups in total. The van der Waals surface area contributed by atoms with Gasteiger partial charge in [0.1, 0.15) is 5.75 Å². The van der Waals surface area contributed by atoms with Gasteiger partial charge >= 0.3 is 6.03 Å². The fraction of sp³-hybridized carbons (Fsp3) is 0.208. The van der Waals surface area contributed by atoms with Crippen molar-refractivity contribution in [2.75, 3.05) is 13.2 Å². The number of aliphatic hydroxyl groups excluding tert-OH is 2. The number of benzene rings is 2. The second-order valence-corrected chi connectivity index (χ2v) is 7.94. The molecule has 2 heterocycles. The molecular weight excluding hydrogens is 458 g/mol. The van der Waals surface area contributed by atoms with Gasteiger partial charge in [0.15, 0.2) is 0 Å². The predicted molar refractivity (Wildman–Crippen MR) is 128 cm³/mol. The molecule has 2 amide bonds. The molecule has 1 atom stereocenters. The molecule has 3 aromatic rings. The van der Waals surface area contributed by atoms with Crippen LogP contribution in [0.2, 0.25) is 5.02 Å². The van der Waals surface area contributed by atoms with E-state index in [9.17, 15) is 9.90 Å². The number of aliphatic hydroxyl groups is 2. The first-order valence-electron chi connectivity index (χ1n) is 10.7. The van der Waals surface area contributed by atoms with Crippen LogP contribution in [-0.2, 0) is 6.54 Å². The van der Waals surface area contributed by atoms with Crippen molar-refractivity contribution in [3.63, 3.8) is 0 Å². The number of guanidine groups is 1. The average Bonchev–Trinajstić information content (AvgIpc) is 2.84. The lowest BCUT2D eigenvalue weighted by Crippen LogP contribution is -2.65. The molecule has 1 aromatic heterocycles. The van der Waals surface area contributed by atoms with Gasteiger partial charge in [0, 0.05) is 30.4 Å². The Balaban J connectivity index is 1.57. The van der Waals surface area contributed by atoms with Gasteiger partial charge in [-0.1, -0.05) is 29.8 Å². The molecule has 0 bridgehead atoms. The van der Waals surface area contributed by atoms with Gasteiger partial charge in [-0.05, 0) is 54.4 Å². The molecule has 1 aliphatic rings. The van der Waals surface area contributed by atoms with Crippen LogP contribution < -0.4 is 10.1 Å². The summed E-state index contributed by atoms with van der Waals surface area (Å²) in [7, 11) is 0.